The minimum Gasteiger partial charge on any atom is -0.298 e. The van der Waals surface area contributed by atoms with E-state index in [1.807, 2.05) is 0 Å². The number of benzene rings is 1. The lowest BCUT2D eigenvalue weighted by atomic mass is 9.99. The zero-order chi connectivity index (χ0) is 16.6. The minimum absolute atomic E-state index is 0.249. The van der Waals surface area contributed by atoms with Crippen molar-refractivity contribution in [1.82, 2.24) is 15.0 Å². The average molecular weight is 382 g/mol. The molecule has 0 radical (unpaired) electrons. The average Bonchev–Trinajstić information content (AvgIpc) is 2.53. The van der Waals surface area contributed by atoms with Crippen molar-refractivity contribution in [3.05, 3.63) is 52.7 Å². The van der Waals surface area contributed by atoms with E-state index in [9.17, 15) is 18.0 Å². The molecule has 4 nitrogen and oxygen atoms in total. The van der Waals surface area contributed by atoms with Crippen molar-refractivity contribution in [2.75, 3.05) is 0 Å². The summed E-state index contributed by atoms with van der Waals surface area (Å²) < 4.78 is 38.5. The highest BCUT2D eigenvalue weighted by Gasteiger charge is 2.34. The highest BCUT2D eigenvalue weighted by atomic mass is 79.9. The maximum atomic E-state index is 12.6. The summed E-state index contributed by atoms with van der Waals surface area (Å²) in [6.07, 6.45) is -0.539. The second-order valence-electron chi connectivity index (χ2n) is 4.66. The molecule has 0 aliphatic heterocycles. The smallest absolute Gasteiger partial charge is 0.298 e. The van der Waals surface area contributed by atoms with Gasteiger partial charge >= 0.3 is 6.18 Å². The summed E-state index contributed by atoms with van der Waals surface area (Å²) in [5.74, 6) is -1.23. The predicted molar refractivity (Wildman–Crippen MR) is 80.9 cm³/mol. The van der Waals surface area contributed by atoms with Crippen molar-refractivity contribution in [3.63, 3.8) is 0 Å². The van der Waals surface area contributed by atoms with E-state index >= 15 is 0 Å². The molecule has 0 aliphatic carbocycles. The van der Waals surface area contributed by atoms with E-state index in [4.69, 9.17) is 0 Å². The molecule has 0 fully saturated rings. The molecule has 0 unspecified atom stereocenters. The van der Waals surface area contributed by atoms with Gasteiger partial charge in [0.1, 0.15) is 0 Å². The van der Waals surface area contributed by atoms with Gasteiger partial charge in [-0.05, 0) is 18.2 Å². The lowest BCUT2D eigenvalue weighted by molar-refractivity contribution is -0.144. The first kappa shape index (κ1) is 15.5. The largest absolute Gasteiger partial charge is 0.451 e. The maximum absolute atomic E-state index is 12.6. The third-order valence-electron chi connectivity index (χ3n) is 3.18. The number of rotatable bonds is 2. The van der Waals surface area contributed by atoms with Crippen LogP contribution in [-0.2, 0) is 6.18 Å². The van der Waals surface area contributed by atoms with Crippen LogP contribution in [0.1, 0.15) is 16.2 Å². The van der Waals surface area contributed by atoms with Crippen molar-refractivity contribution >= 4 is 33.1 Å². The van der Waals surface area contributed by atoms with Gasteiger partial charge in [0.25, 0.3) is 0 Å². The molecule has 0 atom stereocenters. The van der Waals surface area contributed by atoms with Gasteiger partial charge in [0.2, 0.25) is 5.82 Å². The Bertz CT molecular complexity index is 895. The Labute approximate surface area is 136 Å². The van der Waals surface area contributed by atoms with E-state index in [0.29, 0.717) is 28.3 Å². The Morgan fingerprint density at radius 2 is 1.74 bits per heavy atom. The molecule has 0 spiro atoms. The molecule has 23 heavy (non-hydrogen) atoms. The van der Waals surface area contributed by atoms with Gasteiger partial charge in [-0.25, -0.2) is 9.97 Å². The van der Waals surface area contributed by atoms with Crippen molar-refractivity contribution in [3.8, 4) is 11.1 Å². The van der Waals surface area contributed by atoms with Crippen LogP contribution in [0.5, 0.6) is 0 Å². The van der Waals surface area contributed by atoms with Crippen LogP contribution in [0.4, 0.5) is 13.2 Å². The summed E-state index contributed by atoms with van der Waals surface area (Å²) in [4.78, 5) is 22.1. The number of hydrogen-bond donors (Lipinski definition) is 0. The molecule has 0 aliphatic rings. The van der Waals surface area contributed by atoms with Crippen LogP contribution < -0.4 is 0 Å². The Morgan fingerprint density at radius 1 is 1.04 bits per heavy atom. The number of hydrogen-bond acceptors (Lipinski definition) is 4. The van der Waals surface area contributed by atoms with Gasteiger partial charge in [-0.15, -0.1) is 0 Å². The number of carbonyl (C=O) groups excluding carboxylic acids is 1. The maximum Gasteiger partial charge on any atom is 0.451 e. The van der Waals surface area contributed by atoms with Gasteiger partial charge < -0.3 is 0 Å². The van der Waals surface area contributed by atoms with Crippen LogP contribution >= 0.6 is 15.9 Å². The van der Waals surface area contributed by atoms with Gasteiger partial charge in [-0.1, -0.05) is 15.9 Å². The third-order valence-corrected chi connectivity index (χ3v) is 3.67. The van der Waals surface area contributed by atoms with Crippen LogP contribution in [0.2, 0.25) is 0 Å². The number of nitrogens with zero attached hydrogens (tertiary/aromatic N) is 3. The first-order valence-corrected chi connectivity index (χ1v) is 7.12. The second kappa shape index (κ2) is 5.69. The monoisotopic (exact) mass is 381 g/mol. The van der Waals surface area contributed by atoms with Crippen molar-refractivity contribution < 1.29 is 18.0 Å². The Kier molecular flexibility index (Phi) is 3.85. The molecule has 0 bridgehead atoms. The number of pyridine rings is 1. The molecule has 0 N–H and O–H groups in total. The highest BCUT2D eigenvalue weighted by molar-refractivity contribution is 9.10. The molecule has 1 aromatic carbocycles. The quantitative estimate of drug-likeness (QED) is 0.621. The van der Waals surface area contributed by atoms with E-state index < -0.39 is 12.0 Å². The Morgan fingerprint density at radius 3 is 2.35 bits per heavy atom. The van der Waals surface area contributed by atoms with Gasteiger partial charge in [-0.2, -0.15) is 13.2 Å². The minimum atomic E-state index is -4.62. The van der Waals surface area contributed by atoms with E-state index in [2.05, 4.69) is 30.9 Å². The van der Waals surface area contributed by atoms with Crippen LogP contribution in [0.3, 0.4) is 0 Å². The number of carbonyl (C=O) groups is 1. The molecule has 8 heteroatoms. The molecule has 0 amide bonds. The number of aldehydes is 1. The van der Waals surface area contributed by atoms with E-state index in [1.165, 1.54) is 6.20 Å². The van der Waals surface area contributed by atoms with Crippen LogP contribution in [0.25, 0.3) is 22.0 Å². The van der Waals surface area contributed by atoms with Crippen LogP contribution in [0, 0.1) is 0 Å². The third kappa shape index (κ3) is 2.94. The fourth-order valence-corrected chi connectivity index (χ4v) is 2.56. The lowest BCUT2D eigenvalue weighted by Crippen LogP contribution is -2.10. The first-order chi connectivity index (χ1) is 10.9. The number of aromatic nitrogens is 3. The van der Waals surface area contributed by atoms with E-state index in [1.54, 1.807) is 18.2 Å². The number of fused-ring (bicyclic) bond motifs is 1. The fourth-order valence-electron chi connectivity index (χ4n) is 2.20. The molecule has 116 valence electrons. The summed E-state index contributed by atoms with van der Waals surface area (Å²) in [6.45, 7) is 0. The number of alkyl halides is 3. The van der Waals surface area contributed by atoms with E-state index in [-0.39, 0.29) is 5.56 Å². The SMILES string of the molecule is O=Cc1cnc2ccc(Br)cc2c1-c1cnc(C(F)(F)F)nc1. The molecular weight excluding hydrogens is 375 g/mol. The van der Waals surface area contributed by atoms with Crippen molar-refractivity contribution in [2.45, 2.75) is 6.18 Å². The fraction of sp³-hybridized carbons (Fsp3) is 0.0667. The van der Waals surface area contributed by atoms with Gasteiger partial charge in [0.05, 0.1) is 5.52 Å². The lowest BCUT2D eigenvalue weighted by Gasteiger charge is -2.10. The van der Waals surface area contributed by atoms with Crippen LogP contribution in [0.15, 0.2) is 41.3 Å². The topological polar surface area (TPSA) is 55.7 Å². The zero-order valence-electron chi connectivity index (χ0n) is 11.3. The Balaban J connectivity index is 2.25. The molecule has 3 rings (SSSR count). The predicted octanol–water partition coefficient (Wildman–Crippen LogP) is 4.29. The summed E-state index contributed by atoms with van der Waals surface area (Å²) in [5.41, 5.74) is 1.61. The summed E-state index contributed by atoms with van der Waals surface area (Å²) in [6, 6.07) is 5.26. The van der Waals surface area contributed by atoms with Crippen LogP contribution in [-0.4, -0.2) is 21.2 Å². The molecule has 2 aromatic heterocycles. The van der Waals surface area contributed by atoms with Gasteiger partial charge in [0.15, 0.2) is 6.29 Å². The Hall–Kier alpha value is -2.35. The second-order valence-corrected chi connectivity index (χ2v) is 5.58. The summed E-state index contributed by atoms with van der Waals surface area (Å²) in [5, 5.41) is 0.618. The van der Waals surface area contributed by atoms with Gasteiger partial charge in [0, 0.05) is 45.1 Å². The highest BCUT2D eigenvalue weighted by Crippen LogP contribution is 2.32. The molecule has 2 heterocycles. The standard InChI is InChI=1S/C15H7BrF3N3O/c16-10-1-2-12-11(3-10)13(9(7-23)6-20-12)8-4-21-14(22-5-8)15(17,18)19/h1-7H. The van der Waals surface area contributed by atoms with E-state index in [0.717, 1.165) is 16.9 Å². The summed E-state index contributed by atoms with van der Waals surface area (Å²) in [7, 11) is 0. The normalized spacial score (nSPS) is 11.7. The zero-order valence-corrected chi connectivity index (χ0v) is 12.9. The number of halogens is 4. The first-order valence-electron chi connectivity index (χ1n) is 6.33. The molecular formula is C15H7BrF3N3O. The molecule has 3 aromatic rings. The molecule has 0 saturated heterocycles. The van der Waals surface area contributed by atoms with Crippen molar-refractivity contribution in [1.29, 1.82) is 0 Å². The molecule has 0 saturated carbocycles. The van der Waals surface area contributed by atoms with Crippen molar-refractivity contribution in [2.24, 2.45) is 0 Å². The van der Waals surface area contributed by atoms with Gasteiger partial charge in [-0.3, -0.25) is 9.78 Å². The summed E-state index contributed by atoms with van der Waals surface area (Å²) >= 11 is 3.33.